The molecule has 2 aliphatic rings. The maximum atomic E-state index is 12.5. The smallest absolute Gasteiger partial charge is 0.310 e. The predicted molar refractivity (Wildman–Crippen MR) is 97.9 cm³/mol. The lowest BCUT2D eigenvalue weighted by Gasteiger charge is -2.25. The van der Waals surface area contributed by atoms with Gasteiger partial charge >= 0.3 is 11.9 Å². The summed E-state index contributed by atoms with van der Waals surface area (Å²) in [5, 5.41) is 0. The Morgan fingerprint density at radius 1 is 0.760 bits per heavy atom. The number of hydrogen-bond donors (Lipinski definition) is 0. The van der Waals surface area contributed by atoms with Gasteiger partial charge < -0.3 is 9.47 Å². The van der Waals surface area contributed by atoms with Crippen molar-refractivity contribution in [1.82, 2.24) is 0 Å². The monoisotopic (exact) mass is 350 g/mol. The fraction of sp³-hybridized carbons (Fsp3) is 0.810. The van der Waals surface area contributed by atoms with Crippen LogP contribution in [-0.2, 0) is 19.1 Å². The van der Waals surface area contributed by atoms with Gasteiger partial charge in [0, 0.05) is 0 Å². The summed E-state index contributed by atoms with van der Waals surface area (Å²) in [5.74, 6) is -0.812. The van der Waals surface area contributed by atoms with Crippen LogP contribution in [0.4, 0.5) is 0 Å². The molecule has 4 nitrogen and oxygen atoms in total. The van der Waals surface area contributed by atoms with Gasteiger partial charge in [-0.2, -0.15) is 0 Å². The lowest BCUT2D eigenvalue weighted by molar-refractivity contribution is -0.161. The second kappa shape index (κ2) is 10.6. The number of carbonyl (C=O) groups excluding carboxylic acids is 2. The summed E-state index contributed by atoms with van der Waals surface area (Å²) >= 11 is 0. The minimum atomic E-state index is -0.343. The normalized spacial score (nSPS) is 26.8. The lowest BCUT2D eigenvalue weighted by atomic mass is 9.83. The van der Waals surface area contributed by atoms with Crippen LogP contribution in [0.2, 0.25) is 0 Å². The van der Waals surface area contributed by atoms with Gasteiger partial charge in [-0.1, -0.05) is 64.5 Å². The van der Waals surface area contributed by atoms with Crippen molar-refractivity contribution >= 4 is 11.9 Å². The molecule has 0 aromatic heterocycles. The van der Waals surface area contributed by atoms with Gasteiger partial charge in [0.2, 0.25) is 0 Å². The Morgan fingerprint density at radius 3 is 1.60 bits per heavy atom. The predicted octanol–water partition coefficient (Wildman–Crippen LogP) is 4.67. The molecule has 4 heteroatoms. The van der Waals surface area contributed by atoms with Crippen molar-refractivity contribution in [2.24, 2.45) is 23.7 Å². The van der Waals surface area contributed by atoms with Crippen molar-refractivity contribution < 1.29 is 19.1 Å². The molecule has 2 rings (SSSR count). The van der Waals surface area contributed by atoms with Crippen LogP contribution in [0.5, 0.6) is 0 Å². The SMILES string of the molecule is CCCCCCOC(=O)[C@@H]1[C@H](C(=O)OCCCCCC)[C@H]2C=C[C@@H]1C2. The molecule has 2 bridgehead atoms. The van der Waals surface area contributed by atoms with Crippen molar-refractivity contribution in [3.05, 3.63) is 12.2 Å². The summed E-state index contributed by atoms with van der Waals surface area (Å²) in [6.07, 6.45) is 13.7. The molecular weight excluding hydrogens is 316 g/mol. The Morgan fingerprint density at radius 2 is 1.20 bits per heavy atom. The number of rotatable bonds is 12. The maximum absolute atomic E-state index is 12.5. The second-order valence-electron chi connectivity index (χ2n) is 7.46. The second-order valence-corrected chi connectivity index (χ2v) is 7.46. The quantitative estimate of drug-likeness (QED) is 0.291. The Bertz CT molecular complexity index is 417. The largest absolute Gasteiger partial charge is 0.465 e. The first-order chi connectivity index (χ1) is 12.2. The number of allylic oxidation sites excluding steroid dienone is 2. The van der Waals surface area contributed by atoms with Gasteiger partial charge in [0.15, 0.2) is 0 Å². The molecule has 0 spiro atoms. The maximum Gasteiger partial charge on any atom is 0.310 e. The molecule has 4 atom stereocenters. The van der Waals surface area contributed by atoms with Crippen molar-refractivity contribution in [2.45, 2.75) is 71.6 Å². The average molecular weight is 350 g/mol. The van der Waals surface area contributed by atoms with Crippen LogP contribution in [0.25, 0.3) is 0 Å². The summed E-state index contributed by atoms with van der Waals surface area (Å²) in [7, 11) is 0. The third-order valence-corrected chi connectivity index (χ3v) is 5.49. The lowest BCUT2D eigenvalue weighted by Crippen LogP contribution is -2.35. The number of unbranched alkanes of at least 4 members (excludes halogenated alkanes) is 6. The van der Waals surface area contributed by atoms with E-state index in [1.807, 2.05) is 0 Å². The Labute approximate surface area is 152 Å². The molecule has 0 aliphatic heterocycles. The molecule has 0 unspecified atom stereocenters. The summed E-state index contributed by atoms with van der Waals surface area (Å²) in [5.41, 5.74) is 0. The highest BCUT2D eigenvalue weighted by atomic mass is 16.5. The van der Waals surface area contributed by atoms with Crippen molar-refractivity contribution in [3.8, 4) is 0 Å². The van der Waals surface area contributed by atoms with E-state index in [9.17, 15) is 9.59 Å². The van der Waals surface area contributed by atoms with E-state index in [1.54, 1.807) is 0 Å². The number of esters is 2. The molecule has 1 saturated carbocycles. The first kappa shape index (κ1) is 20.0. The van der Waals surface area contributed by atoms with Crippen molar-refractivity contribution in [2.75, 3.05) is 13.2 Å². The zero-order valence-electron chi connectivity index (χ0n) is 15.9. The first-order valence-corrected chi connectivity index (χ1v) is 10.2. The van der Waals surface area contributed by atoms with Gasteiger partial charge in [-0.15, -0.1) is 0 Å². The van der Waals surface area contributed by atoms with Crippen molar-refractivity contribution in [3.63, 3.8) is 0 Å². The highest BCUT2D eigenvalue weighted by Crippen LogP contribution is 2.49. The summed E-state index contributed by atoms with van der Waals surface area (Å²) in [4.78, 5) is 25.1. The fourth-order valence-corrected chi connectivity index (χ4v) is 4.06. The number of fused-ring (bicyclic) bond motifs is 2. The number of ether oxygens (including phenoxy) is 2. The molecule has 2 aliphatic carbocycles. The van der Waals surface area contributed by atoms with E-state index >= 15 is 0 Å². The minimum Gasteiger partial charge on any atom is -0.465 e. The first-order valence-electron chi connectivity index (χ1n) is 10.2. The van der Waals surface area contributed by atoms with Gasteiger partial charge in [-0.25, -0.2) is 0 Å². The molecule has 0 saturated heterocycles. The molecule has 25 heavy (non-hydrogen) atoms. The molecule has 1 fully saturated rings. The third kappa shape index (κ3) is 5.58. The molecule has 142 valence electrons. The van der Waals surface area contributed by atoms with Crippen LogP contribution in [0.1, 0.15) is 71.6 Å². The summed E-state index contributed by atoms with van der Waals surface area (Å²) in [6.45, 7) is 5.25. The molecule has 0 amide bonds. The van der Waals surface area contributed by atoms with Crippen LogP contribution < -0.4 is 0 Å². The van der Waals surface area contributed by atoms with Crippen LogP contribution in [0, 0.1) is 23.7 Å². The number of carbonyl (C=O) groups is 2. The topological polar surface area (TPSA) is 52.6 Å². The number of hydrogen-bond acceptors (Lipinski definition) is 4. The molecule has 0 radical (unpaired) electrons. The van der Waals surface area contributed by atoms with E-state index in [-0.39, 0.29) is 35.6 Å². The van der Waals surface area contributed by atoms with E-state index in [2.05, 4.69) is 26.0 Å². The molecule has 0 heterocycles. The minimum absolute atomic E-state index is 0.144. The van der Waals surface area contributed by atoms with Gasteiger partial charge in [0.05, 0.1) is 25.0 Å². The van der Waals surface area contributed by atoms with E-state index in [4.69, 9.17) is 9.47 Å². The van der Waals surface area contributed by atoms with Crippen LogP contribution in [0.15, 0.2) is 12.2 Å². The van der Waals surface area contributed by atoms with E-state index in [0.29, 0.717) is 13.2 Å². The Kier molecular flexibility index (Phi) is 8.50. The summed E-state index contributed by atoms with van der Waals surface area (Å²) in [6, 6.07) is 0. The molecule has 0 N–H and O–H groups in total. The van der Waals surface area contributed by atoms with Gasteiger partial charge in [-0.3, -0.25) is 9.59 Å². The van der Waals surface area contributed by atoms with E-state index < -0.39 is 0 Å². The zero-order chi connectivity index (χ0) is 18.1. The zero-order valence-corrected chi connectivity index (χ0v) is 15.9. The molecular formula is C21H34O4. The Hall–Kier alpha value is -1.32. The van der Waals surface area contributed by atoms with Crippen molar-refractivity contribution in [1.29, 1.82) is 0 Å². The summed E-state index contributed by atoms with van der Waals surface area (Å²) < 4.78 is 11.0. The standard InChI is InChI=1S/C21H34O4/c1-3-5-7-9-13-24-20(22)18-16-11-12-17(15-16)19(18)21(23)25-14-10-8-6-4-2/h11-12,16-19H,3-10,13-15H2,1-2H3/t16-,17+,18+,19-. The Balaban J connectivity index is 1.80. The molecule has 0 aromatic carbocycles. The van der Waals surface area contributed by atoms with E-state index in [0.717, 1.165) is 44.9 Å². The third-order valence-electron chi connectivity index (χ3n) is 5.49. The molecule has 0 aromatic rings. The van der Waals surface area contributed by atoms with Gasteiger partial charge in [0.25, 0.3) is 0 Å². The van der Waals surface area contributed by atoms with Gasteiger partial charge in [0.1, 0.15) is 0 Å². The van der Waals surface area contributed by atoms with Gasteiger partial charge in [-0.05, 0) is 31.1 Å². The highest BCUT2D eigenvalue weighted by Gasteiger charge is 2.53. The highest BCUT2D eigenvalue weighted by molar-refractivity contribution is 5.84. The van der Waals surface area contributed by atoms with Crippen LogP contribution in [-0.4, -0.2) is 25.2 Å². The average Bonchev–Trinajstić information content (AvgIpc) is 3.22. The van der Waals surface area contributed by atoms with E-state index in [1.165, 1.54) is 12.8 Å². The fourth-order valence-electron chi connectivity index (χ4n) is 4.06. The van der Waals surface area contributed by atoms with Crippen LogP contribution in [0.3, 0.4) is 0 Å². The van der Waals surface area contributed by atoms with Crippen LogP contribution >= 0.6 is 0 Å².